The molecule has 1 N–H and O–H groups in total. The van der Waals surface area contributed by atoms with Crippen molar-refractivity contribution >= 4 is 28.8 Å². The van der Waals surface area contributed by atoms with Crippen molar-refractivity contribution in [1.29, 1.82) is 5.26 Å². The lowest BCUT2D eigenvalue weighted by atomic mass is 10.2. The van der Waals surface area contributed by atoms with E-state index in [0.717, 1.165) is 0 Å². The number of amides is 1. The predicted molar refractivity (Wildman–Crippen MR) is 109 cm³/mol. The van der Waals surface area contributed by atoms with Crippen LogP contribution in [0.1, 0.15) is 16.1 Å². The topological polar surface area (TPSA) is 149 Å². The SMILES string of the molecule is COc1cc(/C=N\NC(=O)c2cc3cc([N+](=O)[O-])cc(OC)c3o2)ccc1OCC#N. The first-order valence-electron chi connectivity index (χ1n) is 8.74. The third-order valence-electron chi connectivity index (χ3n) is 4.08. The summed E-state index contributed by atoms with van der Waals surface area (Å²) in [5, 5.41) is 23.9. The van der Waals surface area contributed by atoms with Gasteiger partial charge in [0.2, 0.25) is 0 Å². The maximum Gasteiger partial charge on any atom is 0.307 e. The molecule has 0 spiro atoms. The predicted octanol–water partition coefficient (Wildman–Crippen LogP) is 3.02. The lowest BCUT2D eigenvalue weighted by molar-refractivity contribution is -0.384. The summed E-state index contributed by atoms with van der Waals surface area (Å²) in [6.45, 7) is -0.120. The molecule has 158 valence electrons. The monoisotopic (exact) mass is 424 g/mol. The Kier molecular flexibility index (Phi) is 6.32. The first-order chi connectivity index (χ1) is 15.0. The summed E-state index contributed by atoms with van der Waals surface area (Å²) in [4.78, 5) is 22.8. The molecule has 0 fully saturated rings. The fraction of sp³-hybridized carbons (Fsp3) is 0.150. The average Bonchev–Trinajstić information content (AvgIpc) is 3.21. The minimum absolute atomic E-state index is 0.0937. The second kappa shape index (κ2) is 9.27. The van der Waals surface area contributed by atoms with Crippen LogP contribution in [-0.2, 0) is 0 Å². The lowest BCUT2D eigenvalue weighted by Crippen LogP contribution is -2.16. The number of rotatable bonds is 8. The summed E-state index contributed by atoms with van der Waals surface area (Å²) >= 11 is 0. The van der Waals surface area contributed by atoms with E-state index in [1.165, 1.54) is 38.6 Å². The van der Waals surface area contributed by atoms with Crippen LogP contribution in [0.3, 0.4) is 0 Å². The molecule has 11 nitrogen and oxygen atoms in total. The van der Waals surface area contributed by atoms with Crippen LogP contribution >= 0.6 is 0 Å². The molecule has 1 aromatic heterocycles. The summed E-state index contributed by atoms with van der Waals surface area (Å²) in [7, 11) is 2.80. The van der Waals surface area contributed by atoms with Gasteiger partial charge in [-0.25, -0.2) is 5.43 Å². The molecule has 0 saturated carbocycles. The molecule has 0 aliphatic carbocycles. The fourth-order valence-corrected chi connectivity index (χ4v) is 2.69. The molecule has 31 heavy (non-hydrogen) atoms. The zero-order chi connectivity index (χ0) is 22.4. The van der Waals surface area contributed by atoms with E-state index < -0.39 is 10.8 Å². The molecule has 1 amide bonds. The Morgan fingerprint density at radius 3 is 2.68 bits per heavy atom. The number of nitrogens with one attached hydrogen (secondary N) is 1. The van der Waals surface area contributed by atoms with Crippen molar-refractivity contribution in [3.8, 4) is 23.3 Å². The number of nitriles is 1. The normalized spacial score (nSPS) is 10.6. The second-order valence-corrected chi connectivity index (χ2v) is 5.99. The zero-order valence-electron chi connectivity index (χ0n) is 16.4. The fourth-order valence-electron chi connectivity index (χ4n) is 2.69. The Balaban J connectivity index is 1.76. The number of nitro groups is 1. The van der Waals surface area contributed by atoms with Gasteiger partial charge in [0, 0.05) is 11.5 Å². The Morgan fingerprint density at radius 1 is 1.23 bits per heavy atom. The van der Waals surface area contributed by atoms with Crippen molar-refractivity contribution < 1.29 is 28.3 Å². The summed E-state index contributed by atoms with van der Waals surface area (Å²) in [6.07, 6.45) is 1.38. The summed E-state index contributed by atoms with van der Waals surface area (Å²) in [5.41, 5.74) is 2.94. The minimum atomic E-state index is -0.655. The van der Waals surface area contributed by atoms with Crippen molar-refractivity contribution in [2.75, 3.05) is 20.8 Å². The van der Waals surface area contributed by atoms with Crippen LogP contribution in [0.15, 0.2) is 45.9 Å². The third kappa shape index (κ3) is 4.70. The van der Waals surface area contributed by atoms with Crippen LogP contribution in [0.2, 0.25) is 0 Å². The number of nitro benzene ring substituents is 1. The number of nitrogens with zero attached hydrogens (tertiary/aromatic N) is 3. The van der Waals surface area contributed by atoms with Gasteiger partial charge in [-0.15, -0.1) is 0 Å². The number of hydrogen-bond donors (Lipinski definition) is 1. The van der Waals surface area contributed by atoms with Crippen molar-refractivity contribution in [2.24, 2.45) is 5.10 Å². The maximum atomic E-state index is 12.3. The number of furan rings is 1. The van der Waals surface area contributed by atoms with E-state index in [1.54, 1.807) is 18.2 Å². The zero-order valence-corrected chi connectivity index (χ0v) is 16.4. The van der Waals surface area contributed by atoms with Gasteiger partial charge >= 0.3 is 5.91 Å². The third-order valence-corrected chi connectivity index (χ3v) is 4.08. The standard InChI is InChI=1S/C20H16N4O7/c1-28-16-7-12(3-4-15(16)30-6-5-21)11-22-23-20(25)18-9-13-8-14(24(26)27)10-17(29-2)19(13)31-18/h3-4,7-11H,6H2,1-2H3,(H,23,25)/b22-11-. The van der Waals surface area contributed by atoms with Gasteiger partial charge in [0.1, 0.15) is 6.07 Å². The van der Waals surface area contributed by atoms with Gasteiger partial charge in [-0.2, -0.15) is 10.4 Å². The van der Waals surface area contributed by atoms with Gasteiger partial charge in [-0.05, 0) is 29.8 Å². The number of fused-ring (bicyclic) bond motifs is 1. The van der Waals surface area contributed by atoms with Crippen LogP contribution < -0.4 is 19.6 Å². The molecule has 0 atom stereocenters. The van der Waals surface area contributed by atoms with Crippen LogP contribution in [-0.4, -0.2) is 37.9 Å². The number of carbonyl (C=O) groups is 1. The highest BCUT2D eigenvalue weighted by Gasteiger charge is 2.19. The van der Waals surface area contributed by atoms with E-state index in [-0.39, 0.29) is 29.4 Å². The van der Waals surface area contributed by atoms with E-state index in [9.17, 15) is 14.9 Å². The molecular formula is C20H16N4O7. The molecule has 0 bridgehead atoms. The molecule has 0 unspecified atom stereocenters. The van der Waals surface area contributed by atoms with Gasteiger partial charge in [0.05, 0.1) is 31.4 Å². The number of non-ortho nitro benzene ring substituents is 1. The first kappa shape index (κ1) is 21.1. The van der Waals surface area contributed by atoms with Crippen LogP contribution in [0, 0.1) is 21.4 Å². The minimum Gasteiger partial charge on any atom is -0.493 e. The van der Waals surface area contributed by atoms with Gasteiger partial charge in [-0.1, -0.05) is 0 Å². The Labute approximate surface area is 175 Å². The van der Waals surface area contributed by atoms with Gasteiger partial charge < -0.3 is 18.6 Å². The van der Waals surface area contributed by atoms with Gasteiger partial charge in [-0.3, -0.25) is 14.9 Å². The van der Waals surface area contributed by atoms with Crippen molar-refractivity contribution in [3.05, 3.63) is 57.8 Å². The molecule has 3 rings (SSSR count). The summed E-state index contributed by atoms with van der Waals surface area (Å²) in [5.74, 6) is 0.187. The molecule has 11 heteroatoms. The van der Waals surface area contributed by atoms with Gasteiger partial charge in [0.25, 0.3) is 5.69 Å². The van der Waals surface area contributed by atoms with Crippen molar-refractivity contribution in [1.82, 2.24) is 5.43 Å². The molecule has 3 aromatic rings. The number of methoxy groups -OCH3 is 2. The molecule has 1 heterocycles. The Hall–Kier alpha value is -4.59. The number of ether oxygens (including phenoxy) is 3. The van der Waals surface area contributed by atoms with E-state index in [0.29, 0.717) is 22.4 Å². The highest BCUT2D eigenvalue weighted by atomic mass is 16.6. The quantitative estimate of drug-likeness (QED) is 0.329. The van der Waals surface area contributed by atoms with E-state index in [2.05, 4.69) is 10.5 Å². The number of benzene rings is 2. The molecule has 0 saturated heterocycles. The van der Waals surface area contributed by atoms with E-state index in [1.807, 2.05) is 6.07 Å². The number of hydrazone groups is 1. The van der Waals surface area contributed by atoms with E-state index >= 15 is 0 Å². The largest absolute Gasteiger partial charge is 0.493 e. The molecular weight excluding hydrogens is 408 g/mol. The maximum absolute atomic E-state index is 12.3. The summed E-state index contributed by atoms with van der Waals surface area (Å²) < 4.78 is 21.0. The highest BCUT2D eigenvalue weighted by Crippen LogP contribution is 2.33. The first-order valence-corrected chi connectivity index (χ1v) is 8.74. The molecule has 2 aromatic carbocycles. The smallest absolute Gasteiger partial charge is 0.307 e. The Morgan fingerprint density at radius 2 is 2.00 bits per heavy atom. The molecule has 0 aliphatic heterocycles. The van der Waals surface area contributed by atoms with Crippen LogP contribution in [0.4, 0.5) is 5.69 Å². The van der Waals surface area contributed by atoms with Gasteiger partial charge in [0.15, 0.2) is 35.2 Å². The van der Waals surface area contributed by atoms with E-state index in [4.69, 9.17) is 23.9 Å². The number of hydrogen-bond acceptors (Lipinski definition) is 9. The molecule has 0 radical (unpaired) electrons. The average molecular weight is 424 g/mol. The Bertz CT molecular complexity index is 1210. The van der Waals surface area contributed by atoms with Crippen molar-refractivity contribution in [3.63, 3.8) is 0 Å². The molecule has 0 aliphatic rings. The second-order valence-electron chi connectivity index (χ2n) is 5.99. The highest BCUT2D eigenvalue weighted by molar-refractivity contribution is 5.98. The lowest BCUT2D eigenvalue weighted by Gasteiger charge is -2.08. The van der Waals surface area contributed by atoms with Crippen LogP contribution in [0.5, 0.6) is 17.2 Å². The van der Waals surface area contributed by atoms with Crippen molar-refractivity contribution in [2.45, 2.75) is 0 Å². The summed E-state index contributed by atoms with van der Waals surface area (Å²) in [6, 6.07) is 10.6. The van der Waals surface area contributed by atoms with Crippen LogP contribution in [0.25, 0.3) is 11.0 Å². The number of carbonyl (C=O) groups excluding carboxylic acids is 1.